The molecule has 1 aromatic rings. The molecule has 1 fully saturated rings. The largest absolute Gasteiger partial charge is 0.380 e. The average molecular weight is 272 g/mol. The van der Waals surface area contributed by atoms with Crippen molar-refractivity contribution in [2.75, 3.05) is 5.32 Å². The summed E-state index contributed by atoms with van der Waals surface area (Å²) in [4.78, 5) is 10.1. The van der Waals surface area contributed by atoms with Gasteiger partial charge in [-0.2, -0.15) is 0 Å². The summed E-state index contributed by atoms with van der Waals surface area (Å²) in [6.45, 7) is 0. The Labute approximate surface area is 94.9 Å². The molecule has 15 heavy (non-hydrogen) atoms. The fraction of sp³-hybridized carbons (Fsp3) is 0.333. The summed E-state index contributed by atoms with van der Waals surface area (Å²) < 4.78 is 0.691. The molecule has 2 unspecified atom stereocenters. The highest BCUT2D eigenvalue weighted by Gasteiger charge is 2.33. The lowest BCUT2D eigenvalue weighted by Crippen LogP contribution is -2.13. The zero-order valence-electron chi connectivity index (χ0n) is 7.81. The number of benzene rings is 1. The van der Waals surface area contributed by atoms with Crippen LogP contribution in [-0.4, -0.2) is 17.0 Å². The van der Waals surface area contributed by atoms with Crippen LogP contribution in [0, 0.1) is 10.1 Å². The van der Waals surface area contributed by atoms with Gasteiger partial charge in [-0.05, 0) is 28.4 Å². The number of non-ortho nitro benzene ring substituents is 1. The van der Waals surface area contributed by atoms with Crippen LogP contribution in [-0.2, 0) is 0 Å². The number of nitro benzene ring substituents is 1. The van der Waals surface area contributed by atoms with Crippen LogP contribution >= 0.6 is 15.9 Å². The third-order valence-electron chi connectivity index (χ3n) is 2.34. The minimum atomic E-state index is -0.419. The van der Waals surface area contributed by atoms with Crippen molar-refractivity contribution >= 4 is 27.3 Å². The SMILES string of the molecule is NC1CC1Nc1ccc([N+](=O)[O-])cc1Br. The Hall–Kier alpha value is -1.14. The van der Waals surface area contributed by atoms with E-state index in [0.717, 1.165) is 12.1 Å². The summed E-state index contributed by atoms with van der Waals surface area (Å²) in [6.07, 6.45) is 0.948. The highest BCUT2D eigenvalue weighted by atomic mass is 79.9. The lowest BCUT2D eigenvalue weighted by Gasteiger charge is -2.06. The van der Waals surface area contributed by atoms with Gasteiger partial charge in [0.1, 0.15) is 0 Å². The normalized spacial score (nSPS) is 23.6. The highest BCUT2D eigenvalue weighted by Crippen LogP contribution is 2.31. The van der Waals surface area contributed by atoms with Crippen molar-refractivity contribution in [3.05, 3.63) is 32.8 Å². The predicted molar refractivity (Wildman–Crippen MR) is 60.8 cm³/mol. The van der Waals surface area contributed by atoms with Gasteiger partial charge >= 0.3 is 0 Å². The van der Waals surface area contributed by atoms with Gasteiger partial charge in [-0.25, -0.2) is 0 Å². The number of nitrogens with zero attached hydrogens (tertiary/aromatic N) is 1. The molecule has 1 aliphatic carbocycles. The minimum Gasteiger partial charge on any atom is -0.380 e. The monoisotopic (exact) mass is 271 g/mol. The first kappa shape index (κ1) is 10.4. The van der Waals surface area contributed by atoms with E-state index >= 15 is 0 Å². The van der Waals surface area contributed by atoms with Crippen molar-refractivity contribution in [3.63, 3.8) is 0 Å². The number of nitro groups is 1. The molecular weight excluding hydrogens is 262 g/mol. The van der Waals surface area contributed by atoms with Gasteiger partial charge in [-0.3, -0.25) is 10.1 Å². The van der Waals surface area contributed by atoms with Gasteiger partial charge < -0.3 is 11.1 Å². The van der Waals surface area contributed by atoms with E-state index in [1.165, 1.54) is 12.1 Å². The van der Waals surface area contributed by atoms with Crippen LogP contribution in [0.2, 0.25) is 0 Å². The molecule has 2 rings (SSSR count). The Balaban J connectivity index is 2.15. The Morgan fingerprint density at radius 3 is 2.73 bits per heavy atom. The zero-order chi connectivity index (χ0) is 11.0. The second-order valence-corrected chi connectivity index (χ2v) is 4.43. The quantitative estimate of drug-likeness (QED) is 0.650. The Kier molecular flexibility index (Phi) is 2.62. The Morgan fingerprint density at radius 2 is 2.27 bits per heavy atom. The topological polar surface area (TPSA) is 81.2 Å². The number of hydrogen-bond acceptors (Lipinski definition) is 4. The molecule has 80 valence electrons. The van der Waals surface area contributed by atoms with E-state index in [1.807, 2.05) is 0 Å². The first-order valence-corrected chi connectivity index (χ1v) is 5.33. The summed E-state index contributed by atoms with van der Waals surface area (Å²) >= 11 is 3.28. The summed E-state index contributed by atoms with van der Waals surface area (Å²) in [5.41, 5.74) is 6.58. The van der Waals surface area contributed by atoms with Crippen molar-refractivity contribution < 1.29 is 4.92 Å². The third-order valence-corrected chi connectivity index (χ3v) is 3.00. The van der Waals surface area contributed by atoms with E-state index in [4.69, 9.17) is 5.73 Å². The van der Waals surface area contributed by atoms with Gasteiger partial charge in [-0.1, -0.05) is 0 Å². The van der Waals surface area contributed by atoms with Crippen molar-refractivity contribution in [1.29, 1.82) is 0 Å². The van der Waals surface area contributed by atoms with Crippen LogP contribution in [0.1, 0.15) is 6.42 Å². The fourth-order valence-electron chi connectivity index (χ4n) is 1.31. The molecule has 1 aliphatic rings. The molecule has 3 N–H and O–H groups in total. The summed E-state index contributed by atoms with van der Waals surface area (Å²) in [5, 5.41) is 13.7. The van der Waals surface area contributed by atoms with Gasteiger partial charge in [0.25, 0.3) is 5.69 Å². The number of nitrogens with one attached hydrogen (secondary N) is 1. The lowest BCUT2D eigenvalue weighted by atomic mass is 10.3. The molecular formula is C9H10BrN3O2. The van der Waals surface area contributed by atoms with E-state index in [-0.39, 0.29) is 11.7 Å². The maximum absolute atomic E-state index is 10.5. The Morgan fingerprint density at radius 1 is 1.60 bits per heavy atom. The van der Waals surface area contributed by atoms with Crippen molar-refractivity contribution in [2.24, 2.45) is 5.73 Å². The van der Waals surface area contributed by atoms with E-state index in [2.05, 4.69) is 21.2 Å². The minimum absolute atomic E-state index is 0.0764. The molecule has 0 aliphatic heterocycles. The second-order valence-electron chi connectivity index (χ2n) is 3.57. The molecule has 6 heteroatoms. The van der Waals surface area contributed by atoms with Crippen LogP contribution in [0.25, 0.3) is 0 Å². The van der Waals surface area contributed by atoms with Crippen LogP contribution in [0.4, 0.5) is 11.4 Å². The van der Waals surface area contributed by atoms with Gasteiger partial charge in [0.05, 0.1) is 4.92 Å². The summed E-state index contributed by atoms with van der Waals surface area (Å²) in [6, 6.07) is 5.14. The summed E-state index contributed by atoms with van der Waals surface area (Å²) in [7, 11) is 0. The summed E-state index contributed by atoms with van der Waals surface area (Å²) in [5.74, 6) is 0. The molecule has 1 saturated carbocycles. The molecule has 0 saturated heterocycles. The molecule has 1 aromatic carbocycles. The van der Waals surface area contributed by atoms with Crippen molar-refractivity contribution in [3.8, 4) is 0 Å². The van der Waals surface area contributed by atoms with E-state index in [9.17, 15) is 10.1 Å². The number of hydrogen-bond donors (Lipinski definition) is 2. The average Bonchev–Trinajstić information content (AvgIpc) is 2.85. The molecule has 0 amide bonds. The smallest absolute Gasteiger partial charge is 0.270 e. The fourth-order valence-corrected chi connectivity index (χ4v) is 1.80. The molecule has 0 radical (unpaired) electrons. The second kappa shape index (κ2) is 3.79. The molecule has 0 spiro atoms. The Bertz CT molecular complexity index is 410. The zero-order valence-corrected chi connectivity index (χ0v) is 9.40. The number of anilines is 1. The van der Waals surface area contributed by atoms with E-state index < -0.39 is 4.92 Å². The maximum atomic E-state index is 10.5. The van der Waals surface area contributed by atoms with Crippen LogP contribution in [0.3, 0.4) is 0 Å². The van der Waals surface area contributed by atoms with Gasteiger partial charge in [0.15, 0.2) is 0 Å². The van der Waals surface area contributed by atoms with E-state index in [1.54, 1.807) is 6.07 Å². The standard InChI is InChI=1S/C9H10BrN3O2/c10-6-3-5(13(14)15)1-2-8(6)12-9-4-7(9)11/h1-3,7,9,12H,4,11H2. The number of nitrogens with two attached hydrogens (primary N) is 1. The number of rotatable bonds is 3. The predicted octanol–water partition coefficient (Wildman–Crippen LogP) is 1.87. The maximum Gasteiger partial charge on any atom is 0.270 e. The van der Waals surface area contributed by atoms with Gasteiger partial charge in [-0.15, -0.1) is 0 Å². The molecule has 2 atom stereocenters. The third kappa shape index (κ3) is 2.27. The molecule has 0 aromatic heterocycles. The first-order valence-electron chi connectivity index (χ1n) is 4.54. The van der Waals surface area contributed by atoms with Gasteiger partial charge in [0, 0.05) is 34.4 Å². The lowest BCUT2D eigenvalue weighted by molar-refractivity contribution is -0.384. The molecule has 5 nitrogen and oxygen atoms in total. The van der Waals surface area contributed by atoms with Crippen molar-refractivity contribution in [1.82, 2.24) is 0 Å². The number of halogens is 1. The first-order chi connectivity index (χ1) is 7.08. The molecule has 0 heterocycles. The van der Waals surface area contributed by atoms with Crippen molar-refractivity contribution in [2.45, 2.75) is 18.5 Å². The van der Waals surface area contributed by atoms with Crippen LogP contribution < -0.4 is 11.1 Å². The van der Waals surface area contributed by atoms with Crippen LogP contribution in [0.15, 0.2) is 22.7 Å². The van der Waals surface area contributed by atoms with Crippen LogP contribution in [0.5, 0.6) is 0 Å². The molecule has 0 bridgehead atoms. The van der Waals surface area contributed by atoms with E-state index in [0.29, 0.717) is 10.5 Å². The highest BCUT2D eigenvalue weighted by molar-refractivity contribution is 9.10. The van der Waals surface area contributed by atoms with Gasteiger partial charge in [0.2, 0.25) is 0 Å².